The molecule has 7 nitrogen and oxygen atoms in total. The topological polar surface area (TPSA) is 69.6 Å². The van der Waals surface area contributed by atoms with Crippen LogP contribution in [0.25, 0.3) is 0 Å². The summed E-state index contributed by atoms with van der Waals surface area (Å²) in [7, 11) is 0. The highest BCUT2D eigenvalue weighted by Crippen LogP contribution is 2.31. The van der Waals surface area contributed by atoms with Gasteiger partial charge < -0.3 is 4.90 Å². The van der Waals surface area contributed by atoms with Gasteiger partial charge >= 0.3 is 6.18 Å². The molecule has 2 fully saturated rings. The first-order chi connectivity index (χ1) is 14.6. The van der Waals surface area contributed by atoms with Gasteiger partial charge in [0.2, 0.25) is 5.91 Å². The number of rotatable bonds is 3. The minimum absolute atomic E-state index is 0.0533. The van der Waals surface area contributed by atoms with E-state index in [1.54, 1.807) is 17.0 Å². The van der Waals surface area contributed by atoms with E-state index in [0.29, 0.717) is 31.9 Å². The van der Waals surface area contributed by atoms with Crippen molar-refractivity contribution in [2.24, 2.45) is 0 Å². The number of hydrogen-bond donors (Lipinski definition) is 0. The number of carbonyl (C=O) groups is 2. The van der Waals surface area contributed by atoms with Gasteiger partial charge in [0.25, 0.3) is 5.91 Å². The molecule has 10 heteroatoms. The highest BCUT2D eigenvalue weighted by Gasteiger charge is 2.43. The normalized spacial score (nSPS) is 20.6. The summed E-state index contributed by atoms with van der Waals surface area (Å²) in [6.07, 6.45) is -4.45. The average molecular weight is 433 g/mol. The molecule has 0 radical (unpaired) electrons. The van der Waals surface area contributed by atoms with Crippen molar-refractivity contribution >= 4 is 23.3 Å². The van der Waals surface area contributed by atoms with Crippen LogP contribution in [0.5, 0.6) is 0 Å². The van der Waals surface area contributed by atoms with Gasteiger partial charge in [-0.05, 0) is 26.0 Å². The number of aryl methyl sites for hydroxylation is 2. The van der Waals surface area contributed by atoms with Crippen LogP contribution in [0.15, 0.2) is 30.3 Å². The second-order valence-electron chi connectivity index (χ2n) is 7.80. The van der Waals surface area contributed by atoms with Crippen LogP contribution in [-0.4, -0.2) is 58.9 Å². The summed E-state index contributed by atoms with van der Waals surface area (Å²) >= 11 is 0. The summed E-state index contributed by atoms with van der Waals surface area (Å²) in [4.78, 5) is 38.0. The molecule has 0 saturated carbocycles. The molecule has 0 aliphatic carbocycles. The smallest absolute Gasteiger partial charge is 0.354 e. The Morgan fingerprint density at radius 3 is 2.23 bits per heavy atom. The second kappa shape index (κ2) is 7.92. The number of benzene rings is 1. The molecular formula is C21H22F3N5O2. The summed E-state index contributed by atoms with van der Waals surface area (Å²) in [6.45, 7) is 5.03. The third-order valence-electron chi connectivity index (χ3n) is 5.61. The van der Waals surface area contributed by atoms with Gasteiger partial charge in [-0.25, -0.2) is 14.9 Å². The Balaban J connectivity index is 1.45. The number of nitrogens with zero attached hydrogens (tertiary/aromatic N) is 5. The molecule has 0 bridgehead atoms. The Morgan fingerprint density at radius 1 is 0.968 bits per heavy atom. The van der Waals surface area contributed by atoms with Crippen LogP contribution in [-0.2, 0) is 15.8 Å². The van der Waals surface area contributed by atoms with E-state index in [0.717, 1.165) is 11.6 Å². The molecule has 31 heavy (non-hydrogen) atoms. The zero-order chi connectivity index (χ0) is 22.3. The first kappa shape index (κ1) is 21.2. The fraction of sp³-hybridized carbons (Fsp3) is 0.429. The average Bonchev–Trinajstić information content (AvgIpc) is 3.02. The Kier molecular flexibility index (Phi) is 5.42. The largest absolute Gasteiger partial charge is 0.433 e. The maximum absolute atomic E-state index is 13.1. The third kappa shape index (κ3) is 4.25. The predicted octanol–water partition coefficient (Wildman–Crippen LogP) is 2.57. The van der Waals surface area contributed by atoms with Crippen molar-refractivity contribution in [2.45, 2.75) is 32.5 Å². The number of carbonyl (C=O) groups excluding carboxylic acids is 2. The van der Waals surface area contributed by atoms with E-state index in [4.69, 9.17) is 0 Å². The van der Waals surface area contributed by atoms with E-state index in [1.165, 1.54) is 11.8 Å². The maximum Gasteiger partial charge on any atom is 0.433 e. The monoisotopic (exact) mass is 433 g/mol. The van der Waals surface area contributed by atoms with Crippen LogP contribution < -0.4 is 9.80 Å². The first-order valence-electron chi connectivity index (χ1n) is 9.99. The fourth-order valence-corrected chi connectivity index (χ4v) is 3.99. The highest BCUT2D eigenvalue weighted by molar-refractivity contribution is 6.22. The van der Waals surface area contributed by atoms with Gasteiger partial charge in [0.1, 0.15) is 17.3 Å². The zero-order valence-corrected chi connectivity index (χ0v) is 17.2. The SMILES string of the molecule is Cc1ccc(N2C(=O)CC(N3CCN(c4cc(C(F)(F)F)nc(C)n4)CC3)C2=O)cc1. The molecule has 1 atom stereocenters. The summed E-state index contributed by atoms with van der Waals surface area (Å²) in [5.74, 6) is -0.241. The van der Waals surface area contributed by atoms with Gasteiger partial charge in [-0.15, -0.1) is 0 Å². The number of halogens is 3. The first-order valence-corrected chi connectivity index (χ1v) is 9.99. The van der Waals surface area contributed by atoms with Gasteiger partial charge in [0, 0.05) is 32.2 Å². The van der Waals surface area contributed by atoms with Crippen molar-refractivity contribution in [3.8, 4) is 0 Å². The summed E-state index contributed by atoms with van der Waals surface area (Å²) in [5, 5.41) is 0. The maximum atomic E-state index is 13.1. The molecule has 1 aromatic carbocycles. The Bertz CT molecular complexity index is 1000. The van der Waals surface area contributed by atoms with E-state index >= 15 is 0 Å². The van der Waals surface area contributed by atoms with Crippen molar-refractivity contribution < 1.29 is 22.8 Å². The number of imide groups is 1. The molecule has 1 aromatic heterocycles. The van der Waals surface area contributed by atoms with E-state index in [2.05, 4.69) is 9.97 Å². The van der Waals surface area contributed by atoms with Gasteiger partial charge in [0.15, 0.2) is 0 Å². The van der Waals surface area contributed by atoms with Crippen LogP contribution in [0.3, 0.4) is 0 Å². The lowest BCUT2D eigenvalue weighted by atomic mass is 10.1. The second-order valence-corrected chi connectivity index (χ2v) is 7.80. The van der Waals surface area contributed by atoms with E-state index < -0.39 is 17.9 Å². The molecule has 164 valence electrons. The molecule has 0 spiro atoms. The van der Waals surface area contributed by atoms with Crippen LogP contribution in [0.2, 0.25) is 0 Å². The number of amides is 2. The van der Waals surface area contributed by atoms with Crippen molar-refractivity contribution in [1.82, 2.24) is 14.9 Å². The van der Waals surface area contributed by atoms with Gasteiger partial charge in [-0.3, -0.25) is 14.5 Å². The Labute approximate surface area is 177 Å². The number of alkyl halides is 3. The number of aromatic nitrogens is 2. The quantitative estimate of drug-likeness (QED) is 0.693. The molecule has 2 aromatic rings. The van der Waals surface area contributed by atoms with E-state index in [-0.39, 0.29) is 29.9 Å². The summed E-state index contributed by atoms with van der Waals surface area (Å²) in [5.41, 5.74) is 0.616. The van der Waals surface area contributed by atoms with Crippen LogP contribution in [0.1, 0.15) is 23.5 Å². The van der Waals surface area contributed by atoms with E-state index in [1.807, 2.05) is 24.0 Å². The number of piperazine rings is 1. The standard InChI is InChI=1S/C21H22F3N5O2/c1-13-3-5-15(6-4-13)29-19(30)11-16(20(29)31)27-7-9-28(10-8-27)18-12-17(21(22,23)24)25-14(2)26-18/h3-6,12,16H,7-11H2,1-2H3. The lowest BCUT2D eigenvalue weighted by Gasteiger charge is -2.37. The molecule has 3 heterocycles. The van der Waals surface area contributed by atoms with Crippen LogP contribution >= 0.6 is 0 Å². The molecular weight excluding hydrogens is 411 g/mol. The van der Waals surface area contributed by atoms with Crippen molar-refractivity contribution in [1.29, 1.82) is 0 Å². The molecule has 2 aliphatic heterocycles. The van der Waals surface area contributed by atoms with Crippen molar-refractivity contribution in [3.05, 3.63) is 47.4 Å². The van der Waals surface area contributed by atoms with Gasteiger partial charge in [-0.2, -0.15) is 13.2 Å². The lowest BCUT2D eigenvalue weighted by Crippen LogP contribution is -2.52. The van der Waals surface area contributed by atoms with Gasteiger partial charge in [0.05, 0.1) is 18.2 Å². The van der Waals surface area contributed by atoms with Crippen molar-refractivity contribution in [2.75, 3.05) is 36.0 Å². The molecule has 1 unspecified atom stereocenters. The Hall–Kier alpha value is -3.01. The zero-order valence-electron chi connectivity index (χ0n) is 17.2. The van der Waals surface area contributed by atoms with Crippen molar-refractivity contribution in [3.63, 3.8) is 0 Å². The lowest BCUT2D eigenvalue weighted by molar-refractivity contribution is -0.141. The summed E-state index contributed by atoms with van der Waals surface area (Å²) < 4.78 is 39.2. The minimum atomic E-state index is -4.54. The Morgan fingerprint density at radius 2 is 1.61 bits per heavy atom. The number of anilines is 2. The van der Waals surface area contributed by atoms with Gasteiger partial charge in [-0.1, -0.05) is 17.7 Å². The highest BCUT2D eigenvalue weighted by atomic mass is 19.4. The van der Waals surface area contributed by atoms with E-state index in [9.17, 15) is 22.8 Å². The molecule has 2 saturated heterocycles. The predicted molar refractivity (Wildman–Crippen MR) is 108 cm³/mol. The molecule has 4 rings (SSSR count). The third-order valence-corrected chi connectivity index (χ3v) is 5.61. The molecule has 0 N–H and O–H groups in total. The fourth-order valence-electron chi connectivity index (χ4n) is 3.99. The number of hydrogen-bond acceptors (Lipinski definition) is 6. The van der Waals surface area contributed by atoms with Crippen LogP contribution in [0, 0.1) is 13.8 Å². The minimum Gasteiger partial charge on any atom is -0.354 e. The molecule has 2 amide bonds. The van der Waals surface area contributed by atoms with Crippen LogP contribution in [0.4, 0.5) is 24.7 Å². The molecule has 2 aliphatic rings. The summed E-state index contributed by atoms with van der Waals surface area (Å²) in [6, 6.07) is 7.59.